The summed E-state index contributed by atoms with van der Waals surface area (Å²) in [6, 6.07) is 11.1. The summed E-state index contributed by atoms with van der Waals surface area (Å²) >= 11 is 7.59. The van der Waals surface area contributed by atoms with Crippen molar-refractivity contribution in [1.82, 2.24) is 14.9 Å². The summed E-state index contributed by atoms with van der Waals surface area (Å²) in [5.41, 5.74) is 2.83. The summed E-state index contributed by atoms with van der Waals surface area (Å²) in [6.45, 7) is 5.22. The Morgan fingerprint density at radius 3 is 2.57 bits per heavy atom. The van der Waals surface area contributed by atoms with E-state index in [4.69, 9.17) is 11.6 Å². The molecule has 2 unspecified atom stereocenters. The van der Waals surface area contributed by atoms with Gasteiger partial charge in [0.15, 0.2) is 5.13 Å². The molecule has 1 saturated heterocycles. The number of pyridine rings is 1. The van der Waals surface area contributed by atoms with Crippen molar-refractivity contribution in [2.24, 2.45) is 11.8 Å². The maximum absolute atomic E-state index is 12.8. The molecule has 182 valence electrons. The predicted octanol–water partition coefficient (Wildman–Crippen LogP) is 5.20. The molecular formula is C26H28ClN5O2S. The van der Waals surface area contributed by atoms with E-state index in [-0.39, 0.29) is 11.8 Å². The predicted molar refractivity (Wildman–Crippen MR) is 140 cm³/mol. The third-order valence-corrected chi connectivity index (χ3v) is 7.94. The Kier molecular flexibility index (Phi) is 7.02. The fourth-order valence-corrected chi connectivity index (χ4v) is 5.81. The van der Waals surface area contributed by atoms with Crippen LogP contribution in [0.15, 0.2) is 48.0 Å². The molecule has 3 aromatic rings. The number of rotatable bonds is 5. The van der Waals surface area contributed by atoms with Crippen LogP contribution in [0.1, 0.15) is 36.7 Å². The van der Waals surface area contributed by atoms with Gasteiger partial charge in [-0.1, -0.05) is 36.7 Å². The van der Waals surface area contributed by atoms with E-state index in [1.54, 1.807) is 12.3 Å². The first kappa shape index (κ1) is 23.8. The van der Waals surface area contributed by atoms with E-state index in [0.717, 1.165) is 62.4 Å². The smallest absolute Gasteiger partial charge is 0.276 e. The first-order valence-corrected chi connectivity index (χ1v) is 13.3. The molecule has 1 aromatic carbocycles. The number of benzene rings is 1. The van der Waals surface area contributed by atoms with E-state index in [9.17, 15) is 9.59 Å². The number of aromatic nitrogens is 2. The lowest BCUT2D eigenvalue weighted by Gasteiger charge is -2.37. The minimum Gasteiger partial charge on any atom is -0.367 e. The maximum atomic E-state index is 12.8. The highest BCUT2D eigenvalue weighted by Crippen LogP contribution is 2.32. The second-order valence-corrected chi connectivity index (χ2v) is 10.6. The molecule has 9 heteroatoms. The second kappa shape index (κ2) is 10.3. The number of hydrogen-bond acceptors (Lipinski definition) is 6. The van der Waals surface area contributed by atoms with Crippen molar-refractivity contribution in [2.75, 3.05) is 36.4 Å². The van der Waals surface area contributed by atoms with E-state index in [1.165, 1.54) is 11.3 Å². The molecule has 1 N–H and O–H groups in total. The van der Waals surface area contributed by atoms with Gasteiger partial charge in [-0.25, -0.2) is 9.97 Å². The number of piperazine rings is 1. The van der Waals surface area contributed by atoms with Gasteiger partial charge in [0.25, 0.3) is 5.91 Å². The van der Waals surface area contributed by atoms with Gasteiger partial charge in [0.1, 0.15) is 5.69 Å². The monoisotopic (exact) mass is 509 g/mol. The number of nitrogens with one attached hydrogen (secondary N) is 1. The van der Waals surface area contributed by atoms with Crippen molar-refractivity contribution < 1.29 is 9.59 Å². The number of nitrogens with zero attached hydrogens (tertiary/aromatic N) is 4. The van der Waals surface area contributed by atoms with E-state index < -0.39 is 0 Å². The third kappa shape index (κ3) is 5.33. The highest BCUT2D eigenvalue weighted by atomic mass is 35.5. The van der Waals surface area contributed by atoms with Crippen LogP contribution in [0.3, 0.4) is 0 Å². The summed E-state index contributed by atoms with van der Waals surface area (Å²) in [5, 5.41) is 5.80. The van der Waals surface area contributed by atoms with Crippen LogP contribution in [0.5, 0.6) is 0 Å². The number of anilines is 2. The van der Waals surface area contributed by atoms with Gasteiger partial charge >= 0.3 is 0 Å². The lowest BCUT2D eigenvalue weighted by molar-refractivity contribution is -0.135. The molecule has 2 amide bonds. The number of halogens is 1. The molecule has 3 heterocycles. The number of carbonyl (C=O) groups is 2. The molecule has 1 saturated carbocycles. The van der Waals surface area contributed by atoms with Crippen molar-refractivity contribution in [1.29, 1.82) is 0 Å². The minimum absolute atomic E-state index is 0.203. The van der Waals surface area contributed by atoms with Gasteiger partial charge in [-0.15, -0.1) is 11.3 Å². The van der Waals surface area contributed by atoms with Crippen molar-refractivity contribution in [3.05, 3.63) is 58.7 Å². The molecule has 1 aliphatic heterocycles. The fourth-order valence-electron chi connectivity index (χ4n) is 4.87. The largest absolute Gasteiger partial charge is 0.367 e. The zero-order chi connectivity index (χ0) is 24.4. The van der Waals surface area contributed by atoms with Crippen LogP contribution < -0.4 is 10.2 Å². The zero-order valence-corrected chi connectivity index (χ0v) is 21.2. The van der Waals surface area contributed by atoms with Crippen LogP contribution in [-0.2, 0) is 4.79 Å². The highest BCUT2D eigenvalue weighted by Gasteiger charge is 2.32. The van der Waals surface area contributed by atoms with Crippen molar-refractivity contribution >= 4 is 45.6 Å². The zero-order valence-electron chi connectivity index (χ0n) is 19.6. The summed E-state index contributed by atoms with van der Waals surface area (Å²) in [6.07, 6.45) is 4.93. The van der Waals surface area contributed by atoms with Gasteiger partial charge in [0, 0.05) is 48.1 Å². The molecule has 0 radical (unpaired) electrons. The van der Waals surface area contributed by atoms with Crippen LogP contribution in [0.25, 0.3) is 11.3 Å². The quantitative estimate of drug-likeness (QED) is 0.511. The van der Waals surface area contributed by atoms with Crippen molar-refractivity contribution in [2.45, 2.75) is 26.2 Å². The van der Waals surface area contributed by atoms with Crippen molar-refractivity contribution in [3.8, 4) is 11.3 Å². The van der Waals surface area contributed by atoms with Crippen LogP contribution >= 0.6 is 22.9 Å². The van der Waals surface area contributed by atoms with E-state index >= 15 is 0 Å². The number of thiazole rings is 1. The van der Waals surface area contributed by atoms with Crippen LogP contribution in [-0.4, -0.2) is 52.9 Å². The van der Waals surface area contributed by atoms with Gasteiger partial charge in [-0.2, -0.15) is 0 Å². The van der Waals surface area contributed by atoms with E-state index in [2.05, 4.69) is 27.1 Å². The van der Waals surface area contributed by atoms with Gasteiger partial charge in [0.2, 0.25) is 5.91 Å². The summed E-state index contributed by atoms with van der Waals surface area (Å²) in [4.78, 5) is 38.6. The second-order valence-electron chi connectivity index (χ2n) is 9.30. The van der Waals surface area contributed by atoms with Crippen LogP contribution in [0.2, 0.25) is 5.02 Å². The summed E-state index contributed by atoms with van der Waals surface area (Å²) < 4.78 is 0. The summed E-state index contributed by atoms with van der Waals surface area (Å²) in [5.74, 6) is 0.874. The number of carbonyl (C=O) groups excluding carboxylic acids is 2. The maximum Gasteiger partial charge on any atom is 0.276 e. The molecule has 2 aliphatic rings. The molecule has 5 rings (SSSR count). The van der Waals surface area contributed by atoms with Gasteiger partial charge in [0.05, 0.1) is 17.6 Å². The molecular weight excluding hydrogens is 482 g/mol. The molecule has 0 spiro atoms. The topological polar surface area (TPSA) is 78.4 Å². The Balaban J connectivity index is 1.16. The van der Waals surface area contributed by atoms with Crippen LogP contribution in [0.4, 0.5) is 10.8 Å². The minimum atomic E-state index is -0.308. The Hall–Kier alpha value is -2.97. The van der Waals surface area contributed by atoms with Crippen molar-refractivity contribution in [3.63, 3.8) is 0 Å². The normalized spacial score (nSPS) is 20.2. The number of hydrogen-bond donors (Lipinski definition) is 1. The SMILES string of the molecule is CC1CCC(C(=O)N2CCN(c3ccc(C(=O)Nc4nc(-c5ccccc5Cl)cs4)nc3)CC2)C1. The average Bonchev–Trinajstić information content (AvgIpc) is 3.53. The Morgan fingerprint density at radius 1 is 1.09 bits per heavy atom. The Morgan fingerprint density at radius 2 is 1.89 bits per heavy atom. The fraction of sp³-hybridized carbons (Fsp3) is 0.385. The third-order valence-electron chi connectivity index (χ3n) is 6.86. The molecule has 2 fully saturated rings. The highest BCUT2D eigenvalue weighted by molar-refractivity contribution is 7.14. The van der Waals surface area contributed by atoms with Gasteiger partial charge < -0.3 is 9.80 Å². The molecule has 7 nitrogen and oxygen atoms in total. The van der Waals surface area contributed by atoms with E-state index in [1.807, 2.05) is 40.6 Å². The number of amides is 2. The standard InChI is InChI=1S/C26H28ClN5O2S/c1-17-6-7-18(14-17)25(34)32-12-10-31(11-13-32)19-8-9-22(28-15-19)24(33)30-26-29-23(16-35-26)20-4-2-3-5-21(20)27/h2-5,8-9,15-18H,6-7,10-14H2,1H3,(H,29,30,33). The molecule has 0 bridgehead atoms. The van der Waals surface area contributed by atoms with E-state index in [0.29, 0.717) is 27.7 Å². The average molecular weight is 510 g/mol. The molecule has 2 atom stereocenters. The first-order chi connectivity index (χ1) is 17.0. The Labute approximate surface area is 214 Å². The molecule has 35 heavy (non-hydrogen) atoms. The first-order valence-electron chi connectivity index (χ1n) is 12.0. The lowest BCUT2D eigenvalue weighted by Crippen LogP contribution is -2.50. The van der Waals surface area contributed by atoms with Crippen LogP contribution in [0, 0.1) is 11.8 Å². The summed E-state index contributed by atoms with van der Waals surface area (Å²) in [7, 11) is 0. The Bertz CT molecular complexity index is 1210. The van der Waals surface area contributed by atoms with Gasteiger partial charge in [-0.3, -0.25) is 14.9 Å². The molecule has 2 aromatic heterocycles. The lowest BCUT2D eigenvalue weighted by atomic mass is 10.0. The molecule has 1 aliphatic carbocycles. The van der Waals surface area contributed by atoms with Gasteiger partial charge in [-0.05, 0) is 43.4 Å².